The minimum atomic E-state index is -0.880. The van der Waals surface area contributed by atoms with E-state index >= 15 is 0 Å². The van der Waals surface area contributed by atoms with Gasteiger partial charge in [-0.05, 0) is 24.6 Å². The maximum atomic E-state index is 12.7. The molecule has 1 nitrogen and oxygen atoms in total. The molecule has 0 heterocycles. The molecule has 1 atom stereocenters. The second kappa shape index (κ2) is 3.66. The van der Waals surface area contributed by atoms with E-state index in [9.17, 15) is 8.78 Å². The number of halogens is 2. The van der Waals surface area contributed by atoms with Crippen molar-refractivity contribution in [1.82, 2.24) is 0 Å². The van der Waals surface area contributed by atoms with E-state index in [0.717, 1.165) is 12.1 Å². The Balaban J connectivity index is 3.03. The van der Waals surface area contributed by atoms with Gasteiger partial charge in [0.1, 0.15) is 0 Å². The van der Waals surface area contributed by atoms with Crippen LogP contribution in [-0.2, 0) is 0 Å². The fourth-order valence-corrected chi connectivity index (χ4v) is 0.990. The minimum absolute atomic E-state index is 0.435. The molecule has 0 spiro atoms. The number of benzene rings is 1. The molecule has 0 radical (unpaired) electrons. The normalized spacial score (nSPS) is 12.6. The quantitative estimate of drug-likeness (QED) is 0.700. The van der Waals surface area contributed by atoms with Gasteiger partial charge in [0.2, 0.25) is 0 Å². The van der Waals surface area contributed by atoms with Crippen LogP contribution in [0.2, 0.25) is 0 Å². The molecule has 1 unspecified atom stereocenters. The number of hydrogen-bond acceptors (Lipinski definition) is 1. The Morgan fingerprint density at radius 1 is 1.38 bits per heavy atom. The van der Waals surface area contributed by atoms with Gasteiger partial charge in [-0.2, -0.15) is 0 Å². The summed E-state index contributed by atoms with van der Waals surface area (Å²) in [5, 5.41) is 0. The first-order valence-corrected chi connectivity index (χ1v) is 3.88. The second-order valence-corrected chi connectivity index (χ2v) is 3.00. The standard InChI is InChI=1S/C10H11F2N/c1-6(2)10(13)7-3-4-8(11)9(12)5-7/h3-5,10H,1,13H2,2H3. The van der Waals surface area contributed by atoms with Crippen molar-refractivity contribution in [3.8, 4) is 0 Å². The van der Waals surface area contributed by atoms with E-state index in [1.807, 2.05) is 0 Å². The summed E-state index contributed by atoms with van der Waals surface area (Å²) >= 11 is 0. The summed E-state index contributed by atoms with van der Waals surface area (Å²) in [6, 6.07) is 3.18. The zero-order valence-electron chi connectivity index (χ0n) is 7.35. The molecule has 0 aromatic heterocycles. The third-order valence-electron chi connectivity index (χ3n) is 1.83. The summed E-state index contributed by atoms with van der Waals surface area (Å²) in [5.41, 5.74) is 6.92. The first-order valence-electron chi connectivity index (χ1n) is 3.88. The monoisotopic (exact) mass is 183 g/mol. The molecule has 70 valence electrons. The van der Waals surface area contributed by atoms with Gasteiger partial charge in [-0.3, -0.25) is 0 Å². The molecular weight excluding hydrogens is 172 g/mol. The van der Waals surface area contributed by atoms with Gasteiger partial charge in [0.15, 0.2) is 11.6 Å². The molecule has 0 saturated carbocycles. The minimum Gasteiger partial charge on any atom is -0.321 e. The largest absolute Gasteiger partial charge is 0.321 e. The average Bonchev–Trinajstić information content (AvgIpc) is 2.08. The van der Waals surface area contributed by atoms with Gasteiger partial charge in [-0.1, -0.05) is 18.2 Å². The van der Waals surface area contributed by atoms with Crippen LogP contribution in [0.3, 0.4) is 0 Å². The Morgan fingerprint density at radius 2 is 2.00 bits per heavy atom. The van der Waals surface area contributed by atoms with Gasteiger partial charge in [-0.25, -0.2) is 8.78 Å². The van der Waals surface area contributed by atoms with Gasteiger partial charge in [0.25, 0.3) is 0 Å². The highest BCUT2D eigenvalue weighted by Crippen LogP contribution is 2.19. The third kappa shape index (κ3) is 2.12. The van der Waals surface area contributed by atoms with E-state index in [-0.39, 0.29) is 0 Å². The molecule has 1 aromatic rings. The van der Waals surface area contributed by atoms with Gasteiger partial charge in [0.05, 0.1) is 6.04 Å². The Kier molecular flexibility index (Phi) is 2.78. The van der Waals surface area contributed by atoms with Crippen LogP contribution in [-0.4, -0.2) is 0 Å². The van der Waals surface area contributed by atoms with Crippen LogP contribution in [0.4, 0.5) is 8.78 Å². The van der Waals surface area contributed by atoms with Crippen molar-refractivity contribution < 1.29 is 8.78 Å². The summed E-state index contributed by atoms with van der Waals surface area (Å²) in [5.74, 6) is -1.74. The van der Waals surface area contributed by atoms with E-state index in [1.54, 1.807) is 6.92 Å². The summed E-state index contributed by atoms with van der Waals surface area (Å²) in [6.45, 7) is 5.38. The number of hydrogen-bond donors (Lipinski definition) is 1. The molecule has 2 N–H and O–H groups in total. The first kappa shape index (κ1) is 9.86. The molecule has 0 fully saturated rings. The maximum Gasteiger partial charge on any atom is 0.159 e. The van der Waals surface area contributed by atoms with Crippen LogP contribution >= 0.6 is 0 Å². The summed E-state index contributed by atoms with van der Waals surface area (Å²) in [7, 11) is 0. The number of nitrogens with two attached hydrogens (primary N) is 1. The maximum absolute atomic E-state index is 12.7. The van der Waals surface area contributed by atoms with E-state index < -0.39 is 17.7 Å². The Bertz CT molecular complexity index is 334. The van der Waals surface area contributed by atoms with Crippen LogP contribution in [0.1, 0.15) is 18.5 Å². The average molecular weight is 183 g/mol. The van der Waals surface area contributed by atoms with Crippen molar-refractivity contribution in [2.24, 2.45) is 5.73 Å². The molecule has 0 amide bonds. The summed E-state index contributed by atoms with van der Waals surface area (Å²) in [6.07, 6.45) is 0. The zero-order valence-corrected chi connectivity index (χ0v) is 7.35. The zero-order chi connectivity index (χ0) is 10.0. The van der Waals surface area contributed by atoms with Gasteiger partial charge < -0.3 is 5.73 Å². The fraction of sp³-hybridized carbons (Fsp3) is 0.200. The van der Waals surface area contributed by atoms with Gasteiger partial charge in [0, 0.05) is 0 Å². The lowest BCUT2D eigenvalue weighted by Crippen LogP contribution is -2.11. The second-order valence-electron chi connectivity index (χ2n) is 3.00. The Labute approximate surface area is 75.9 Å². The van der Waals surface area contributed by atoms with E-state index in [4.69, 9.17) is 5.73 Å². The number of rotatable bonds is 2. The Morgan fingerprint density at radius 3 is 2.46 bits per heavy atom. The summed E-state index contributed by atoms with van der Waals surface area (Å²) < 4.78 is 25.3. The predicted octanol–water partition coefficient (Wildman–Crippen LogP) is 2.54. The van der Waals surface area contributed by atoms with Crippen molar-refractivity contribution in [2.75, 3.05) is 0 Å². The molecule has 0 bridgehead atoms. The van der Waals surface area contributed by atoms with E-state index in [2.05, 4.69) is 6.58 Å². The molecule has 0 aliphatic rings. The summed E-state index contributed by atoms with van der Waals surface area (Å²) in [4.78, 5) is 0. The van der Waals surface area contributed by atoms with Crippen molar-refractivity contribution in [1.29, 1.82) is 0 Å². The van der Waals surface area contributed by atoms with Crippen LogP contribution < -0.4 is 5.73 Å². The van der Waals surface area contributed by atoms with Gasteiger partial charge in [-0.15, -0.1) is 0 Å². The highest BCUT2D eigenvalue weighted by Gasteiger charge is 2.09. The van der Waals surface area contributed by atoms with Crippen molar-refractivity contribution in [2.45, 2.75) is 13.0 Å². The molecule has 1 aromatic carbocycles. The third-order valence-corrected chi connectivity index (χ3v) is 1.83. The highest BCUT2D eigenvalue weighted by molar-refractivity contribution is 5.26. The topological polar surface area (TPSA) is 26.0 Å². The molecule has 3 heteroatoms. The van der Waals surface area contributed by atoms with Crippen LogP contribution in [0.15, 0.2) is 30.4 Å². The SMILES string of the molecule is C=C(C)C(N)c1ccc(F)c(F)c1. The van der Waals surface area contributed by atoms with Crippen LogP contribution in [0.25, 0.3) is 0 Å². The Hall–Kier alpha value is -1.22. The van der Waals surface area contributed by atoms with Crippen molar-refractivity contribution in [3.05, 3.63) is 47.5 Å². The predicted molar refractivity (Wildman–Crippen MR) is 48.1 cm³/mol. The fourth-order valence-electron chi connectivity index (χ4n) is 0.990. The lowest BCUT2D eigenvalue weighted by molar-refractivity contribution is 0.506. The van der Waals surface area contributed by atoms with Gasteiger partial charge >= 0.3 is 0 Å². The van der Waals surface area contributed by atoms with Crippen LogP contribution in [0.5, 0.6) is 0 Å². The molecule has 0 aliphatic carbocycles. The molecule has 0 aliphatic heterocycles. The molecular formula is C10H11F2N. The van der Waals surface area contributed by atoms with Crippen LogP contribution in [0, 0.1) is 11.6 Å². The van der Waals surface area contributed by atoms with Crippen molar-refractivity contribution >= 4 is 0 Å². The smallest absolute Gasteiger partial charge is 0.159 e. The molecule has 1 rings (SSSR count). The lowest BCUT2D eigenvalue weighted by atomic mass is 10.0. The van der Waals surface area contributed by atoms with E-state index in [0.29, 0.717) is 11.1 Å². The van der Waals surface area contributed by atoms with E-state index in [1.165, 1.54) is 6.07 Å². The highest BCUT2D eigenvalue weighted by atomic mass is 19.2. The lowest BCUT2D eigenvalue weighted by Gasteiger charge is -2.11. The molecule has 0 saturated heterocycles. The first-order chi connectivity index (χ1) is 6.02. The van der Waals surface area contributed by atoms with Crippen molar-refractivity contribution in [3.63, 3.8) is 0 Å². The molecule has 13 heavy (non-hydrogen) atoms.